The largest absolute Gasteiger partial charge is 0.507 e. The van der Waals surface area contributed by atoms with E-state index in [1.807, 2.05) is 12.1 Å². The van der Waals surface area contributed by atoms with E-state index >= 15 is 0 Å². The third-order valence-corrected chi connectivity index (χ3v) is 3.26. The molecule has 106 valence electrons. The minimum absolute atomic E-state index is 0.218. The molecule has 4 nitrogen and oxygen atoms in total. The van der Waals surface area contributed by atoms with Crippen molar-refractivity contribution in [1.29, 1.82) is 0 Å². The third-order valence-electron chi connectivity index (χ3n) is 3.26. The van der Waals surface area contributed by atoms with E-state index < -0.39 is 0 Å². The molecule has 0 aliphatic heterocycles. The van der Waals surface area contributed by atoms with Gasteiger partial charge in [-0.3, -0.25) is 4.98 Å². The van der Waals surface area contributed by atoms with Gasteiger partial charge in [0.25, 0.3) is 0 Å². The summed E-state index contributed by atoms with van der Waals surface area (Å²) in [7, 11) is 3.16. The lowest BCUT2D eigenvalue weighted by molar-refractivity contribution is 0.379. The Morgan fingerprint density at radius 3 is 2.45 bits per heavy atom. The molecule has 0 saturated carbocycles. The minimum Gasteiger partial charge on any atom is -0.507 e. The number of hydrogen-bond acceptors (Lipinski definition) is 4. The molecule has 0 amide bonds. The molecule has 20 heavy (non-hydrogen) atoms. The molecule has 0 fully saturated rings. The van der Waals surface area contributed by atoms with Crippen LogP contribution in [-0.2, 0) is 12.8 Å². The van der Waals surface area contributed by atoms with Gasteiger partial charge in [-0.1, -0.05) is 0 Å². The van der Waals surface area contributed by atoms with Crippen molar-refractivity contribution in [2.24, 2.45) is 0 Å². The molecule has 2 aromatic rings. The van der Waals surface area contributed by atoms with Gasteiger partial charge in [-0.15, -0.1) is 0 Å². The number of aryl methyl sites for hydroxylation is 1. The van der Waals surface area contributed by atoms with E-state index in [4.69, 9.17) is 9.47 Å². The summed E-state index contributed by atoms with van der Waals surface area (Å²) in [5.41, 5.74) is 2.06. The Kier molecular flexibility index (Phi) is 4.82. The third kappa shape index (κ3) is 3.41. The van der Waals surface area contributed by atoms with Crippen LogP contribution in [0.15, 0.2) is 36.7 Å². The quantitative estimate of drug-likeness (QED) is 0.879. The van der Waals surface area contributed by atoms with Gasteiger partial charge in [-0.2, -0.15) is 0 Å². The molecule has 0 unspecified atom stereocenters. The average molecular weight is 273 g/mol. The lowest BCUT2D eigenvalue weighted by atomic mass is 10.0. The number of aromatic hydroxyl groups is 1. The van der Waals surface area contributed by atoms with Crippen molar-refractivity contribution < 1.29 is 14.6 Å². The van der Waals surface area contributed by atoms with Crippen LogP contribution in [0.3, 0.4) is 0 Å². The van der Waals surface area contributed by atoms with Crippen molar-refractivity contribution in [2.75, 3.05) is 14.2 Å². The maximum Gasteiger partial charge on any atom is 0.129 e. The smallest absolute Gasteiger partial charge is 0.129 e. The maximum atomic E-state index is 10.1. The van der Waals surface area contributed by atoms with Crippen molar-refractivity contribution >= 4 is 0 Å². The first kappa shape index (κ1) is 14.2. The van der Waals surface area contributed by atoms with Gasteiger partial charge in [0.15, 0.2) is 0 Å². The van der Waals surface area contributed by atoms with Crippen LogP contribution in [0.1, 0.15) is 17.5 Å². The number of nitrogens with zero attached hydrogens (tertiary/aromatic N) is 1. The second-order valence-electron chi connectivity index (χ2n) is 4.54. The van der Waals surface area contributed by atoms with E-state index in [-0.39, 0.29) is 5.75 Å². The summed E-state index contributed by atoms with van der Waals surface area (Å²) in [5, 5.41) is 10.1. The molecule has 2 rings (SSSR count). The van der Waals surface area contributed by atoms with E-state index in [1.165, 1.54) is 5.56 Å². The van der Waals surface area contributed by atoms with E-state index in [0.717, 1.165) is 24.8 Å². The highest BCUT2D eigenvalue weighted by molar-refractivity contribution is 5.50. The standard InChI is InChI=1S/C16H19NO3/c1-19-13-10-15(18)14(16(11-13)20-2)5-3-4-12-6-8-17-9-7-12/h6-11,18H,3-5H2,1-2H3. The molecule has 1 aromatic heterocycles. The van der Waals surface area contributed by atoms with Crippen LogP contribution < -0.4 is 9.47 Å². The van der Waals surface area contributed by atoms with E-state index in [2.05, 4.69) is 4.98 Å². The monoisotopic (exact) mass is 273 g/mol. The van der Waals surface area contributed by atoms with Crippen LogP contribution in [-0.4, -0.2) is 24.3 Å². The van der Waals surface area contributed by atoms with Crippen molar-refractivity contribution in [3.05, 3.63) is 47.8 Å². The number of benzene rings is 1. The summed E-state index contributed by atoms with van der Waals surface area (Å²) in [5.74, 6) is 1.48. The number of aromatic nitrogens is 1. The zero-order chi connectivity index (χ0) is 14.4. The predicted octanol–water partition coefficient (Wildman–Crippen LogP) is 2.98. The van der Waals surface area contributed by atoms with E-state index in [0.29, 0.717) is 11.5 Å². The SMILES string of the molecule is COc1cc(O)c(CCCc2ccncc2)c(OC)c1. The Morgan fingerprint density at radius 2 is 1.80 bits per heavy atom. The Morgan fingerprint density at radius 1 is 1.05 bits per heavy atom. The lowest BCUT2D eigenvalue weighted by Crippen LogP contribution is -1.96. The first-order valence-corrected chi connectivity index (χ1v) is 6.57. The zero-order valence-corrected chi connectivity index (χ0v) is 11.8. The summed E-state index contributed by atoms with van der Waals surface area (Å²) in [6, 6.07) is 7.42. The first-order valence-electron chi connectivity index (χ1n) is 6.57. The van der Waals surface area contributed by atoms with Gasteiger partial charge >= 0.3 is 0 Å². The van der Waals surface area contributed by atoms with Gasteiger partial charge in [0.2, 0.25) is 0 Å². The molecule has 1 aromatic carbocycles. The molecule has 0 saturated heterocycles. The van der Waals surface area contributed by atoms with Crippen LogP contribution in [0.4, 0.5) is 0 Å². The molecule has 0 aliphatic rings. The molecule has 0 atom stereocenters. The van der Waals surface area contributed by atoms with Gasteiger partial charge in [-0.25, -0.2) is 0 Å². The second-order valence-corrected chi connectivity index (χ2v) is 4.54. The van der Waals surface area contributed by atoms with Gasteiger partial charge in [0.05, 0.1) is 14.2 Å². The summed E-state index contributed by atoms with van der Waals surface area (Å²) in [6.07, 6.45) is 6.21. The minimum atomic E-state index is 0.218. The fourth-order valence-electron chi connectivity index (χ4n) is 2.18. The Bertz CT molecular complexity index is 555. The summed E-state index contributed by atoms with van der Waals surface area (Å²) >= 11 is 0. The van der Waals surface area contributed by atoms with Crippen molar-refractivity contribution in [3.63, 3.8) is 0 Å². The Hall–Kier alpha value is -2.23. The number of rotatable bonds is 6. The van der Waals surface area contributed by atoms with Crippen LogP contribution in [0.2, 0.25) is 0 Å². The van der Waals surface area contributed by atoms with Crippen LogP contribution >= 0.6 is 0 Å². The van der Waals surface area contributed by atoms with Gasteiger partial charge < -0.3 is 14.6 Å². The molecule has 1 heterocycles. The fraction of sp³-hybridized carbons (Fsp3) is 0.312. The number of pyridine rings is 1. The zero-order valence-electron chi connectivity index (χ0n) is 11.8. The highest BCUT2D eigenvalue weighted by Gasteiger charge is 2.11. The number of methoxy groups -OCH3 is 2. The van der Waals surface area contributed by atoms with Gasteiger partial charge in [0, 0.05) is 30.1 Å². The van der Waals surface area contributed by atoms with E-state index in [9.17, 15) is 5.11 Å². The number of ether oxygens (including phenoxy) is 2. The molecular weight excluding hydrogens is 254 g/mol. The van der Waals surface area contributed by atoms with Crippen molar-refractivity contribution in [2.45, 2.75) is 19.3 Å². The van der Waals surface area contributed by atoms with Gasteiger partial charge in [0.1, 0.15) is 17.2 Å². The normalized spacial score (nSPS) is 10.3. The fourth-order valence-corrected chi connectivity index (χ4v) is 2.18. The average Bonchev–Trinajstić information content (AvgIpc) is 2.49. The number of hydrogen-bond donors (Lipinski definition) is 1. The predicted molar refractivity (Wildman–Crippen MR) is 77.5 cm³/mol. The van der Waals surface area contributed by atoms with E-state index in [1.54, 1.807) is 38.7 Å². The van der Waals surface area contributed by atoms with Gasteiger partial charge in [-0.05, 0) is 37.0 Å². The Balaban J connectivity index is 2.05. The maximum absolute atomic E-state index is 10.1. The molecule has 0 radical (unpaired) electrons. The topological polar surface area (TPSA) is 51.6 Å². The molecule has 4 heteroatoms. The van der Waals surface area contributed by atoms with Crippen LogP contribution in [0, 0.1) is 0 Å². The van der Waals surface area contributed by atoms with Crippen LogP contribution in [0.25, 0.3) is 0 Å². The van der Waals surface area contributed by atoms with Crippen molar-refractivity contribution in [3.8, 4) is 17.2 Å². The highest BCUT2D eigenvalue weighted by atomic mass is 16.5. The van der Waals surface area contributed by atoms with Crippen LogP contribution in [0.5, 0.6) is 17.2 Å². The summed E-state index contributed by atoms with van der Waals surface area (Å²) < 4.78 is 10.4. The lowest BCUT2D eigenvalue weighted by Gasteiger charge is -2.12. The second kappa shape index (κ2) is 6.80. The molecular formula is C16H19NO3. The van der Waals surface area contributed by atoms with Crippen molar-refractivity contribution in [1.82, 2.24) is 4.98 Å². The summed E-state index contributed by atoms with van der Waals surface area (Å²) in [6.45, 7) is 0. The highest BCUT2D eigenvalue weighted by Crippen LogP contribution is 2.34. The first-order chi connectivity index (χ1) is 9.74. The Labute approximate surface area is 119 Å². The molecule has 0 aliphatic carbocycles. The number of phenols is 1. The molecule has 0 spiro atoms. The summed E-state index contributed by atoms with van der Waals surface area (Å²) in [4.78, 5) is 4.00. The molecule has 1 N–H and O–H groups in total. The molecule has 0 bridgehead atoms. The number of phenolic OH excluding ortho intramolecular Hbond substituents is 1.